The zero-order chi connectivity index (χ0) is 28.1. The van der Waals surface area contributed by atoms with Crippen molar-refractivity contribution in [1.29, 1.82) is 0 Å². The number of unbranched alkanes of at least 4 members (excludes halogenated alkanes) is 1. The Kier molecular flexibility index (Phi) is 8.85. The van der Waals surface area contributed by atoms with Crippen LogP contribution >= 0.6 is 0 Å². The summed E-state index contributed by atoms with van der Waals surface area (Å²) in [5, 5.41) is 10.1. The summed E-state index contributed by atoms with van der Waals surface area (Å²) >= 11 is 0. The third-order valence-corrected chi connectivity index (χ3v) is 5.84. The molecule has 0 spiro atoms. The quantitative estimate of drug-likeness (QED) is 0.338. The van der Waals surface area contributed by atoms with Crippen LogP contribution in [0.2, 0.25) is 0 Å². The number of anilines is 2. The zero-order valence-electron chi connectivity index (χ0n) is 22.3. The van der Waals surface area contributed by atoms with Gasteiger partial charge >= 0.3 is 12.2 Å². The number of alkyl halides is 3. The summed E-state index contributed by atoms with van der Waals surface area (Å²) in [6, 6.07) is 13.2. The SMILES string of the molecule is CCCCN(CC(=O)Nc1cc(C(C)(C)C)nn1-c1cccc(C)c1)C(=O)Nc1cccc(C(F)(F)F)c1. The van der Waals surface area contributed by atoms with Gasteiger partial charge in [0.15, 0.2) is 0 Å². The van der Waals surface area contributed by atoms with Gasteiger partial charge in [-0.05, 0) is 49.2 Å². The van der Waals surface area contributed by atoms with Crippen molar-refractivity contribution >= 4 is 23.4 Å². The van der Waals surface area contributed by atoms with E-state index in [1.165, 1.54) is 17.0 Å². The van der Waals surface area contributed by atoms with Crippen molar-refractivity contribution in [2.45, 2.75) is 59.1 Å². The molecule has 3 rings (SSSR count). The van der Waals surface area contributed by atoms with E-state index in [2.05, 4.69) is 10.6 Å². The molecule has 1 heterocycles. The zero-order valence-corrected chi connectivity index (χ0v) is 22.3. The van der Waals surface area contributed by atoms with Gasteiger partial charge in [-0.15, -0.1) is 0 Å². The molecule has 7 nitrogen and oxygen atoms in total. The molecule has 0 fully saturated rings. The first-order valence-corrected chi connectivity index (χ1v) is 12.5. The molecular weight excluding hydrogens is 495 g/mol. The first kappa shape index (κ1) is 28.7. The van der Waals surface area contributed by atoms with E-state index in [1.54, 1.807) is 10.7 Å². The topological polar surface area (TPSA) is 79.3 Å². The Labute approximate surface area is 221 Å². The molecule has 0 bridgehead atoms. The first-order valence-electron chi connectivity index (χ1n) is 12.5. The number of hydrogen-bond acceptors (Lipinski definition) is 3. The second kappa shape index (κ2) is 11.7. The van der Waals surface area contributed by atoms with E-state index in [0.717, 1.165) is 35.5 Å². The molecule has 0 unspecified atom stereocenters. The predicted molar refractivity (Wildman–Crippen MR) is 143 cm³/mol. The Morgan fingerprint density at radius 2 is 1.71 bits per heavy atom. The van der Waals surface area contributed by atoms with Gasteiger partial charge in [0.05, 0.1) is 16.9 Å². The number of hydrogen-bond donors (Lipinski definition) is 2. The van der Waals surface area contributed by atoms with E-state index >= 15 is 0 Å². The van der Waals surface area contributed by atoms with Gasteiger partial charge in [-0.3, -0.25) is 4.79 Å². The van der Waals surface area contributed by atoms with Crippen LogP contribution < -0.4 is 10.6 Å². The minimum absolute atomic E-state index is 0.000857. The number of halogens is 3. The second-order valence-corrected chi connectivity index (χ2v) is 10.2. The van der Waals surface area contributed by atoms with E-state index in [9.17, 15) is 22.8 Å². The molecule has 38 heavy (non-hydrogen) atoms. The summed E-state index contributed by atoms with van der Waals surface area (Å²) in [7, 11) is 0. The van der Waals surface area contributed by atoms with Crippen LogP contribution in [0.3, 0.4) is 0 Å². The predicted octanol–water partition coefficient (Wildman–Crippen LogP) is 6.77. The number of nitrogens with zero attached hydrogens (tertiary/aromatic N) is 3. The van der Waals surface area contributed by atoms with Crippen molar-refractivity contribution in [3.8, 4) is 5.69 Å². The summed E-state index contributed by atoms with van der Waals surface area (Å²) in [5.74, 6) is 0.00816. The third kappa shape index (κ3) is 7.60. The highest BCUT2D eigenvalue weighted by atomic mass is 19.4. The first-order chi connectivity index (χ1) is 17.8. The van der Waals surface area contributed by atoms with Crippen LogP contribution in [0.15, 0.2) is 54.6 Å². The molecule has 0 radical (unpaired) electrons. The van der Waals surface area contributed by atoms with Crippen LogP contribution in [-0.4, -0.2) is 39.7 Å². The maximum atomic E-state index is 13.1. The summed E-state index contributed by atoms with van der Waals surface area (Å²) in [6.07, 6.45) is -3.14. The molecule has 0 atom stereocenters. The maximum absolute atomic E-state index is 13.1. The van der Waals surface area contributed by atoms with Crippen LogP contribution in [0.4, 0.5) is 29.5 Å². The highest BCUT2D eigenvalue weighted by molar-refractivity contribution is 5.96. The molecule has 0 saturated heterocycles. The minimum Gasteiger partial charge on any atom is -0.315 e. The summed E-state index contributed by atoms with van der Waals surface area (Å²) in [4.78, 5) is 27.4. The fourth-order valence-corrected chi connectivity index (χ4v) is 3.73. The van der Waals surface area contributed by atoms with Gasteiger partial charge in [0.25, 0.3) is 0 Å². The standard InChI is InChI=1S/C28H34F3N5O2/c1-6-7-14-35(26(38)32-21-12-9-11-20(16-21)28(29,30)31)18-25(37)33-24-17-23(27(3,4)5)34-36(24)22-13-8-10-19(2)15-22/h8-13,15-17H,6-7,14,18H2,1-5H3,(H,32,38)(H,33,37). The van der Waals surface area contributed by atoms with E-state index in [4.69, 9.17) is 5.10 Å². The van der Waals surface area contributed by atoms with Gasteiger partial charge in [-0.1, -0.05) is 52.3 Å². The summed E-state index contributed by atoms with van der Waals surface area (Å²) in [5.41, 5.74) is 1.45. The van der Waals surface area contributed by atoms with E-state index in [-0.39, 0.29) is 24.2 Å². The Morgan fingerprint density at radius 1 is 1.00 bits per heavy atom. The van der Waals surface area contributed by atoms with E-state index in [0.29, 0.717) is 12.2 Å². The second-order valence-electron chi connectivity index (χ2n) is 10.2. The molecule has 0 aliphatic carbocycles. The van der Waals surface area contributed by atoms with Gasteiger partial charge in [0, 0.05) is 23.7 Å². The number of aromatic nitrogens is 2. The highest BCUT2D eigenvalue weighted by Gasteiger charge is 2.30. The van der Waals surface area contributed by atoms with Crippen LogP contribution in [0.5, 0.6) is 0 Å². The average molecular weight is 530 g/mol. The molecular formula is C28H34F3N5O2. The lowest BCUT2D eigenvalue weighted by Crippen LogP contribution is -2.41. The number of benzene rings is 2. The number of rotatable bonds is 8. The van der Waals surface area contributed by atoms with Crippen molar-refractivity contribution in [3.63, 3.8) is 0 Å². The van der Waals surface area contributed by atoms with Gasteiger partial charge < -0.3 is 15.5 Å². The van der Waals surface area contributed by atoms with Crippen molar-refractivity contribution in [3.05, 3.63) is 71.4 Å². The normalized spacial score (nSPS) is 11.8. The van der Waals surface area contributed by atoms with Crippen molar-refractivity contribution in [1.82, 2.24) is 14.7 Å². The molecule has 3 amide bonds. The number of carbonyl (C=O) groups is 2. The number of carbonyl (C=O) groups excluding carboxylic acids is 2. The number of aryl methyl sites for hydroxylation is 1. The van der Waals surface area contributed by atoms with Gasteiger partial charge in [0.1, 0.15) is 12.4 Å². The van der Waals surface area contributed by atoms with Crippen LogP contribution in [0.25, 0.3) is 5.69 Å². The fourth-order valence-electron chi connectivity index (χ4n) is 3.73. The molecule has 1 aromatic heterocycles. The lowest BCUT2D eigenvalue weighted by Gasteiger charge is -2.23. The molecule has 0 saturated carbocycles. The Hall–Kier alpha value is -3.82. The van der Waals surface area contributed by atoms with Gasteiger partial charge in [0.2, 0.25) is 5.91 Å². The number of nitrogens with one attached hydrogen (secondary N) is 2. The van der Waals surface area contributed by atoms with Gasteiger partial charge in [-0.2, -0.15) is 18.3 Å². The van der Waals surface area contributed by atoms with Crippen molar-refractivity contribution < 1.29 is 22.8 Å². The molecule has 204 valence electrons. The Balaban J connectivity index is 1.81. The number of urea groups is 1. The summed E-state index contributed by atoms with van der Waals surface area (Å²) in [6.45, 7) is 9.94. The Morgan fingerprint density at radius 3 is 2.34 bits per heavy atom. The average Bonchev–Trinajstić information content (AvgIpc) is 3.25. The minimum atomic E-state index is -4.53. The lowest BCUT2D eigenvalue weighted by atomic mass is 9.92. The molecule has 2 aromatic carbocycles. The van der Waals surface area contributed by atoms with Crippen LogP contribution in [0.1, 0.15) is 57.4 Å². The fraction of sp³-hybridized carbons (Fsp3) is 0.393. The van der Waals surface area contributed by atoms with Crippen molar-refractivity contribution in [2.24, 2.45) is 0 Å². The lowest BCUT2D eigenvalue weighted by molar-refractivity contribution is -0.137. The molecule has 0 aliphatic heterocycles. The molecule has 2 N–H and O–H groups in total. The molecule has 3 aromatic rings. The van der Waals surface area contributed by atoms with Crippen LogP contribution in [0, 0.1) is 6.92 Å². The number of amides is 3. The molecule has 0 aliphatic rings. The van der Waals surface area contributed by atoms with Crippen molar-refractivity contribution in [2.75, 3.05) is 23.7 Å². The largest absolute Gasteiger partial charge is 0.416 e. The monoisotopic (exact) mass is 529 g/mol. The maximum Gasteiger partial charge on any atom is 0.416 e. The highest BCUT2D eigenvalue weighted by Crippen LogP contribution is 2.31. The van der Waals surface area contributed by atoms with Gasteiger partial charge in [-0.25, -0.2) is 9.48 Å². The Bertz CT molecular complexity index is 1280. The third-order valence-electron chi connectivity index (χ3n) is 5.84. The molecule has 10 heteroatoms. The van der Waals surface area contributed by atoms with E-state index in [1.807, 2.05) is 58.9 Å². The smallest absolute Gasteiger partial charge is 0.315 e. The summed E-state index contributed by atoms with van der Waals surface area (Å²) < 4.78 is 40.9. The van der Waals surface area contributed by atoms with Crippen LogP contribution in [-0.2, 0) is 16.4 Å². The van der Waals surface area contributed by atoms with E-state index < -0.39 is 23.7 Å².